The van der Waals surface area contributed by atoms with Crippen molar-refractivity contribution in [2.75, 3.05) is 51.2 Å². The molecule has 0 aromatic heterocycles. The number of rotatable bonds is 9. The maximum absolute atomic E-state index is 3.56. The van der Waals surface area contributed by atoms with Gasteiger partial charge in [0.15, 0.2) is 0 Å². The first-order chi connectivity index (χ1) is 10.3. The lowest BCUT2D eigenvalue weighted by Gasteiger charge is -2.21. The quantitative estimate of drug-likeness (QED) is 0.705. The lowest BCUT2D eigenvalue weighted by Crippen LogP contribution is -2.29. The molecule has 1 saturated heterocycles. The molecule has 0 amide bonds. The van der Waals surface area contributed by atoms with Crippen LogP contribution in [0.1, 0.15) is 26.2 Å². The van der Waals surface area contributed by atoms with E-state index < -0.39 is 0 Å². The summed E-state index contributed by atoms with van der Waals surface area (Å²) in [5.74, 6) is 0.864. The Morgan fingerprint density at radius 2 is 2.10 bits per heavy atom. The molecule has 1 aromatic rings. The van der Waals surface area contributed by atoms with Gasteiger partial charge in [0, 0.05) is 25.8 Å². The second-order valence-corrected chi connectivity index (χ2v) is 6.27. The van der Waals surface area contributed by atoms with Gasteiger partial charge in [-0.1, -0.05) is 25.1 Å². The summed E-state index contributed by atoms with van der Waals surface area (Å²) < 4.78 is 0. The van der Waals surface area contributed by atoms with Gasteiger partial charge in [0.2, 0.25) is 0 Å². The molecule has 0 saturated carbocycles. The largest absolute Gasteiger partial charge is 0.375 e. The molecule has 0 aliphatic carbocycles. The van der Waals surface area contributed by atoms with Crippen molar-refractivity contribution in [2.45, 2.75) is 26.2 Å². The molecule has 1 heterocycles. The van der Waals surface area contributed by atoms with E-state index in [4.69, 9.17) is 0 Å². The van der Waals surface area contributed by atoms with Gasteiger partial charge in [-0.2, -0.15) is 0 Å². The molecule has 1 N–H and O–H groups in total. The molecule has 3 heteroatoms. The predicted molar refractivity (Wildman–Crippen MR) is 92.0 cm³/mol. The highest BCUT2D eigenvalue weighted by Gasteiger charge is 2.21. The molecule has 1 atom stereocenters. The fourth-order valence-corrected chi connectivity index (χ4v) is 3.11. The molecule has 1 aliphatic rings. The summed E-state index contributed by atoms with van der Waals surface area (Å²) in [5.41, 5.74) is 1.32. The van der Waals surface area contributed by atoms with Crippen LogP contribution < -0.4 is 10.2 Å². The van der Waals surface area contributed by atoms with Crippen LogP contribution in [-0.4, -0.2) is 51.2 Å². The third-order valence-corrected chi connectivity index (χ3v) is 4.39. The summed E-state index contributed by atoms with van der Waals surface area (Å²) >= 11 is 0. The number of hydrogen-bond donors (Lipinski definition) is 1. The van der Waals surface area contributed by atoms with E-state index in [-0.39, 0.29) is 0 Å². The second-order valence-electron chi connectivity index (χ2n) is 6.27. The van der Waals surface area contributed by atoms with Crippen molar-refractivity contribution in [2.24, 2.45) is 5.92 Å². The summed E-state index contributed by atoms with van der Waals surface area (Å²) in [5, 5.41) is 3.56. The Morgan fingerprint density at radius 3 is 2.86 bits per heavy atom. The van der Waals surface area contributed by atoms with Crippen LogP contribution in [-0.2, 0) is 0 Å². The Kier molecular flexibility index (Phi) is 7.04. The van der Waals surface area contributed by atoms with E-state index in [2.05, 4.69) is 59.4 Å². The van der Waals surface area contributed by atoms with Gasteiger partial charge in [-0.15, -0.1) is 0 Å². The van der Waals surface area contributed by atoms with Crippen molar-refractivity contribution in [1.29, 1.82) is 0 Å². The summed E-state index contributed by atoms with van der Waals surface area (Å²) in [6, 6.07) is 10.7. The van der Waals surface area contributed by atoms with Gasteiger partial charge in [-0.05, 0) is 63.5 Å². The van der Waals surface area contributed by atoms with Crippen molar-refractivity contribution in [1.82, 2.24) is 10.2 Å². The van der Waals surface area contributed by atoms with Crippen LogP contribution in [0.25, 0.3) is 0 Å². The van der Waals surface area contributed by atoms with E-state index in [1.54, 1.807) is 0 Å². The van der Waals surface area contributed by atoms with Crippen molar-refractivity contribution < 1.29 is 0 Å². The normalized spacial score (nSPS) is 19.0. The molecule has 2 rings (SSSR count). The molecule has 0 radical (unpaired) electrons. The minimum absolute atomic E-state index is 0.864. The highest BCUT2D eigenvalue weighted by molar-refractivity contribution is 5.44. The number of anilines is 1. The minimum Gasteiger partial charge on any atom is -0.375 e. The molecule has 3 nitrogen and oxygen atoms in total. The Balaban J connectivity index is 1.59. The third kappa shape index (κ3) is 5.68. The van der Waals surface area contributed by atoms with Gasteiger partial charge in [0.1, 0.15) is 0 Å². The predicted octanol–water partition coefficient (Wildman–Crippen LogP) is 2.83. The van der Waals surface area contributed by atoms with Crippen molar-refractivity contribution >= 4 is 5.69 Å². The van der Waals surface area contributed by atoms with Crippen LogP contribution in [0, 0.1) is 5.92 Å². The van der Waals surface area contributed by atoms with Gasteiger partial charge in [-0.3, -0.25) is 0 Å². The summed E-state index contributed by atoms with van der Waals surface area (Å²) in [6.45, 7) is 9.55. The second kappa shape index (κ2) is 9.06. The molecule has 0 bridgehead atoms. The highest BCUT2D eigenvalue weighted by Crippen LogP contribution is 2.16. The van der Waals surface area contributed by atoms with Crippen LogP contribution in [0.5, 0.6) is 0 Å². The lowest BCUT2D eigenvalue weighted by molar-refractivity contribution is 0.318. The van der Waals surface area contributed by atoms with E-state index >= 15 is 0 Å². The smallest absolute Gasteiger partial charge is 0.0363 e. The molecular weight excluding hydrogens is 258 g/mol. The summed E-state index contributed by atoms with van der Waals surface area (Å²) in [4.78, 5) is 4.99. The number of nitrogens with zero attached hydrogens (tertiary/aromatic N) is 2. The molecule has 0 spiro atoms. The van der Waals surface area contributed by atoms with E-state index in [0.29, 0.717) is 0 Å². The standard InChI is InChI=1S/C18H31N3/c1-3-11-19-15-17-10-14-21(16-17)13-7-12-20(2)18-8-5-4-6-9-18/h4-6,8-9,17,19H,3,7,10-16H2,1-2H3. The van der Waals surface area contributed by atoms with Crippen LogP contribution in [0.3, 0.4) is 0 Å². The topological polar surface area (TPSA) is 18.5 Å². The zero-order valence-corrected chi connectivity index (χ0v) is 13.7. The Bertz CT molecular complexity index is 379. The van der Waals surface area contributed by atoms with Gasteiger partial charge in [0.05, 0.1) is 0 Å². The maximum atomic E-state index is 3.56. The summed E-state index contributed by atoms with van der Waals surface area (Å²) in [6.07, 6.45) is 3.86. The van der Waals surface area contributed by atoms with Crippen LogP contribution >= 0.6 is 0 Å². The molecule has 118 valence electrons. The average molecular weight is 289 g/mol. The fraction of sp³-hybridized carbons (Fsp3) is 0.667. The zero-order valence-electron chi connectivity index (χ0n) is 13.7. The van der Waals surface area contributed by atoms with E-state index in [1.807, 2.05) is 0 Å². The Labute approximate surface area is 130 Å². The van der Waals surface area contributed by atoms with Crippen LogP contribution in [0.2, 0.25) is 0 Å². The first kappa shape index (κ1) is 16.3. The first-order valence-electron chi connectivity index (χ1n) is 8.49. The van der Waals surface area contributed by atoms with Crippen molar-refractivity contribution in [3.8, 4) is 0 Å². The number of likely N-dealkylation sites (tertiary alicyclic amines) is 1. The van der Waals surface area contributed by atoms with Gasteiger partial charge >= 0.3 is 0 Å². The van der Waals surface area contributed by atoms with Crippen LogP contribution in [0.15, 0.2) is 30.3 Å². The minimum atomic E-state index is 0.864. The first-order valence-corrected chi connectivity index (χ1v) is 8.49. The van der Waals surface area contributed by atoms with Gasteiger partial charge in [-0.25, -0.2) is 0 Å². The van der Waals surface area contributed by atoms with E-state index in [9.17, 15) is 0 Å². The number of hydrogen-bond acceptors (Lipinski definition) is 3. The SMILES string of the molecule is CCCNCC1CCN(CCCN(C)c2ccccc2)C1. The molecule has 1 fully saturated rings. The number of benzene rings is 1. The van der Waals surface area contributed by atoms with Crippen molar-refractivity contribution in [3.63, 3.8) is 0 Å². The molecule has 1 unspecified atom stereocenters. The van der Waals surface area contributed by atoms with Crippen molar-refractivity contribution in [3.05, 3.63) is 30.3 Å². The molecule has 1 aliphatic heterocycles. The Hall–Kier alpha value is -1.06. The zero-order chi connectivity index (χ0) is 14.9. The number of para-hydroxylation sites is 1. The fourth-order valence-electron chi connectivity index (χ4n) is 3.11. The third-order valence-electron chi connectivity index (χ3n) is 4.39. The van der Waals surface area contributed by atoms with E-state index in [1.165, 1.54) is 57.7 Å². The lowest BCUT2D eigenvalue weighted by atomic mass is 10.1. The monoisotopic (exact) mass is 289 g/mol. The Morgan fingerprint density at radius 1 is 1.29 bits per heavy atom. The highest BCUT2D eigenvalue weighted by atomic mass is 15.2. The van der Waals surface area contributed by atoms with E-state index in [0.717, 1.165) is 12.5 Å². The maximum Gasteiger partial charge on any atom is 0.0363 e. The van der Waals surface area contributed by atoms with Crippen LogP contribution in [0.4, 0.5) is 5.69 Å². The average Bonchev–Trinajstić information content (AvgIpc) is 2.96. The molecular formula is C18H31N3. The van der Waals surface area contributed by atoms with Gasteiger partial charge < -0.3 is 15.1 Å². The number of nitrogens with one attached hydrogen (secondary N) is 1. The molecule has 1 aromatic carbocycles. The summed E-state index contributed by atoms with van der Waals surface area (Å²) in [7, 11) is 2.19. The molecule has 21 heavy (non-hydrogen) atoms. The van der Waals surface area contributed by atoms with Gasteiger partial charge in [0.25, 0.3) is 0 Å².